The predicted octanol–water partition coefficient (Wildman–Crippen LogP) is 3.54. The molecule has 1 aliphatic heterocycles. The molecule has 0 bridgehead atoms. The van der Waals surface area contributed by atoms with E-state index >= 15 is 0 Å². The van der Waals surface area contributed by atoms with E-state index in [9.17, 15) is 4.79 Å². The lowest BCUT2D eigenvalue weighted by molar-refractivity contribution is -0.123. The van der Waals surface area contributed by atoms with E-state index in [2.05, 4.69) is 54.8 Å². The van der Waals surface area contributed by atoms with Gasteiger partial charge in [-0.1, -0.05) is 44.2 Å². The third-order valence-electron chi connectivity index (χ3n) is 6.01. The van der Waals surface area contributed by atoms with Crippen LogP contribution in [0.3, 0.4) is 0 Å². The van der Waals surface area contributed by atoms with Gasteiger partial charge >= 0.3 is 0 Å². The van der Waals surface area contributed by atoms with Crippen molar-refractivity contribution in [3.63, 3.8) is 0 Å². The second kappa shape index (κ2) is 7.26. The maximum atomic E-state index is 12.5. The molecular formula is C21H32N2O. The molecule has 3 rings (SSSR count). The van der Waals surface area contributed by atoms with E-state index in [4.69, 9.17) is 0 Å². The largest absolute Gasteiger partial charge is 0.355 e. The van der Waals surface area contributed by atoms with E-state index in [-0.39, 0.29) is 11.3 Å². The number of nitrogens with one attached hydrogen (secondary N) is 2. The van der Waals surface area contributed by atoms with Gasteiger partial charge in [-0.05, 0) is 68.0 Å². The lowest BCUT2D eigenvalue weighted by Crippen LogP contribution is -2.37. The summed E-state index contributed by atoms with van der Waals surface area (Å²) >= 11 is 0. The van der Waals surface area contributed by atoms with Crippen molar-refractivity contribution in [1.29, 1.82) is 0 Å². The van der Waals surface area contributed by atoms with Crippen LogP contribution >= 0.6 is 0 Å². The van der Waals surface area contributed by atoms with Crippen LogP contribution in [0.5, 0.6) is 0 Å². The van der Waals surface area contributed by atoms with Gasteiger partial charge in [0.1, 0.15) is 0 Å². The Morgan fingerprint density at radius 2 is 1.96 bits per heavy atom. The highest BCUT2D eigenvalue weighted by molar-refractivity contribution is 5.82. The molecule has 1 atom stereocenters. The van der Waals surface area contributed by atoms with Gasteiger partial charge in [0.05, 0.1) is 0 Å². The second-order valence-electron chi connectivity index (χ2n) is 8.59. The Balaban J connectivity index is 1.38. The van der Waals surface area contributed by atoms with E-state index < -0.39 is 0 Å². The summed E-state index contributed by atoms with van der Waals surface area (Å²) in [6.45, 7) is 7.49. The Bertz CT molecular complexity index is 546. The van der Waals surface area contributed by atoms with Crippen LogP contribution in [0.2, 0.25) is 0 Å². The summed E-state index contributed by atoms with van der Waals surface area (Å²) in [7, 11) is 0. The minimum Gasteiger partial charge on any atom is -0.355 e. The van der Waals surface area contributed by atoms with Gasteiger partial charge in [0.25, 0.3) is 0 Å². The smallest absolute Gasteiger partial charge is 0.223 e. The first kappa shape index (κ1) is 17.5. The summed E-state index contributed by atoms with van der Waals surface area (Å²) in [6.07, 6.45) is 6.89. The first-order chi connectivity index (χ1) is 11.5. The van der Waals surface area contributed by atoms with E-state index in [0.29, 0.717) is 11.3 Å². The van der Waals surface area contributed by atoms with Gasteiger partial charge in [0.2, 0.25) is 5.91 Å². The molecule has 0 radical (unpaired) electrons. The van der Waals surface area contributed by atoms with Gasteiger partial charge in [-0.15, -0.1) is 0 Å². The normalized spacial score (nSPS) is 22.3. The van der Waals surface area contributed by atoms with Crippen LogP contribution < -0.4 is 10.6 Å². The Morgan fingerprint density at radius 3 is 2.67 bits per heavy atom. The van der Waals surface area contributed by atoms with Crippen molar-refractivity contribution in [3.05, 3.63) is 35.9 Å². The average Bonchev–Trinajstić information content (AvgIpc) is 3.27. The molecule has 24 heavy (non-hydrogen) atoms. The minimum absolute atomic E-state index is 0.167. The standard InChI is InChI=1S/C21H32N2O/c1-20(2,10-6-9-17-7-4-3-5-8-17)16-23-19(24)18-15-21(18)11-13-22-14-12-21/h3-5,7-8,18,22H,6,9-16H2,1-2H3,(H,23,24). The number of amides is 1. The van der Waals surface area contributed by atoms with Crippen molar-refractivity contribution in [2.24, 2.45) is 16.7 Å². The Hall–Kier alpha value is -1.35. The molecule has 3 nitrogen and oxygen atoms in total. The highest BCUT2D eigenvalue weighted by atomic mass is 16.2. The molecule has 2 aliphatic rings. The Kier molecular flexibility index (Phi) is 5.29. The summed E-state index contributed by atoms with van der Waals surface area (Å²) in [5, 5.41) is 6.65. The highest BCUT2D eigenvalue weighted by Gasteiger charge is 2.57. The summed E-state index contributed by atoms with van der Waals surface area (Å²) in [4.78, 5) is 12.5. The SMILES string of the molecule is CC(C)(CCCc1ccccc1)CNC(=O)C1CC12CCNCC2. The molecule has 1 heterocycles. The van der Waals surface area contributed by atoms with E-state index in [1.54, 1.807) is 0 Å². The maximum Gasteiger partial charge on any atom is 0.223 e. The molecule has 3 heteroatoms. The average molecular weight is 329 g/mol. The fourth-order valence-corrected chi connectivity index (χ4v) is 4.15. The van der Waals surface area contributed by atoms with Gasteiger partial charge in [-0.25, -0.2) is 0 Å². The van der Waals surface area contributed by atoms with Gasteiger partial charge in [0.15, 0.2) is 0 Å². The van der Waals surface area contributed by atoms with Crippen molar-refractivity contribution < 1.29 is 4.79 Å². The van der Waals surface area contributed by atoms with Crippen molar-refractivity contribution >= 4 is 5.91 Å². The summed E-state index contributed by atoms with van der Waals surface area (Å²) in [5.41, 5.74) is 1.91. The molecule has 1 unspecified atom stereocenters. The summed E-state index contributed by atoms with van der Waals surface area (Å²) in [5.74, 6) is 0.577. The first-order valence-electron chi connectivity index (χ1n) is 9.53. The molecule has 132 valence electrons. The number of rotatable bonds is 7. The predicted molar refractivity (Wildman–Crippen MR) is 98.8 cm³/mol. The van der Waals surface area contributed by atoms with Gasteiger partial charge in [0, 0.05) is 12.5 Å². The number of carbonyl (C=O) groups is 1. The first-order valence-corrected chi connectivity index (χ1v) is 9.53. The zero-order valence-corrected chi connectivity index (χ0v) is 15.2. The molecule has 1 amide bonds. The van der Waals surface area contributed by atoms with Crippen LogP contribution in [0.4, 0.5) is 0 Å². The van der Waals surface area contributed by atoms with E-state index in [0.717, 1.165) is 38.9 Å². The molecule has 0 aromatic heterocycles. The lowest BCUT2D eigenvalue weighted by Gasteiger charge is -2.26. The van der Waals surface area contributed by atoms with Crippen LogP contribution in [-0.2, 0) is 11.2 Å². The number of aryl methyl sites for hydroxylation is 1. The fourth-order valence-electron chi connectivity index (χ4n) is 4.15. The van der Waals surface area contributed by atoms with Gasteiger partial charge in [-0.3, -0.25) is 4.79 Å². The van der Waals surface area contributed by atoms with Crippen molar-refractivity contribution in [2.45, 2.75) is 52.4 Å². The van der Waals surface area contributed by atoms with Gasteiger partial charge in [-0.2, -0.15) is 0 Å². The molecule has 1 saturated heterocycles. The van der Waals surface area contributed by atoms with Crippen LogP contribution in [0, 0.1) is 16.7 Å². The molecule has 1 aliphatic carbocycles. The van der Waals surface area contributed by atoms with Crippen LogP contribution in [0.15, 0.2) is 30.3 Å². The molecule has 1 aromatic rings. The van der Waals surface area contributed by atoms with Crippen molar-refractivity contribution in [3.8, 4) is 0 Å². The number of hydrogen-bond donors (Lipinski definition) is 2. The zero-order chi connectivity index (χ0) is 17.0. The number of carbonyl (C=O) groups excluding carboxylic acids is 1. The highest BCUT2D eigenvalue weighted by Crippen LogP contribution is 2.58. The van der Waals surface area contributed by atoms with E-state index in [1.165, 1.54) is 24.8 Å². The molecule has 1 saturated carbocycles. The maximum absolute atomic E-state index is 12.5. The molecule has 2 fully saturated rings. The third kappa shape index (κ3) is 4.38. The van der Waals surface area contributed by atoms with Crippen LogP contribution in [0.25, 0.3) is 0 Å². The summed E-state index contributed by atoms with van der Waals surface area (Å²) in [6, 6.07) is 10.7. The Labute approximate surface area is 146 Å². The van der Waals surface area contributed by atoms with Crippen molar-refractivity contribution in [1.82, 2.24) is 10.6 Å². The monoisotopic (exact) mass is 328 g/mol. The number of benzene rings is 1. The quantitative estimate of drug-likeness (QED) is 0.804. The molecular weight excluding hydrogens is 296 g/mol. The Morgan fingerprint density at radius 1 is 1.25 bits per heavy atom. The fraction of sp³-hybridized carbons (Fsp3) is 0.667. The van der Waals surface area contributed by atoms with Crippen LogP contribution in [-0.4, -0.2) is 25.5 Å². The molecule has 1 aromatic carbocycles. The third-order valence-corrected chi connectivity index (χ3v) is 6.01. The molecule has 1 spiro atoms. The molecule has 2 N–H and O–H groups in total. The van der Waals surface area contributed by atoms with Crippen molar-refractivity contribution in [2.75, 3.05) is 19.6 Å². The van der Waals surface area contributed by atoms with Gasteiger partial charge < -0.3 is 10.6 Å². The zero-order valence-electron chi connectivity index (χ0n) is 15.2. The topological polar surface area (TPSA) is 41.1 Å². The van der Waals surface area contributed by atoms with E-state index in [1.807, 2.05) is 0 Å². The minimum atomic E-state index is 0.167. The lowest BCUT2D eigenvalue weighted by atomic mass is 9.86. The summed E-state index contributed by atoms with van der Waals surface area (Å²) < 4.78 is 0. The number of hydrogen-bond acceptors (Lipinski definition) is 2. The number of piperidine rings is 1. The second-order valence-corrected chi connectivity index (χ2v) is 8.59. The van der Waals surface area contributed by atoms with Crippen LogP contribution in [0.1, 0.15) is 51.5 Å².